The van der Waals surface area contributed by atoms with E-state index < -0.39 is 11.4 Å². The van der Waals surface area contributed by atoms with Gasteiger partial charge in [-0.15, -0.1) is 11.3 Å². The van der Waals surface area contributed by atoms with Crippen molar-refractivity contribution in [1.82, 2.24) is 4.98 Å². The summed E-state index contributed by atoms with van der Waals surface area (Å²) in [5.41, 5.74) is -0.00187. The molecule has 44 heavy (non-hydrogen) atoms. The maximum absolute atomic E-state index is 14.2. The van der Waals surface area contributed by atoms with Crippen molar-refractivity contribution in [3.63, 3.8) is 0 Å². The zero-order valence-electron chi connectivity index (χ0n) is 26.2. The molecule has 2 aromatic heterocycles. The molecule has 3 heterocycles. The van der Waals surface area contributed by atoms with E-state index in [1.807, 2.05) is 32.0 Å². The predicted octanol–water partition coefficient (Wildman–Crippen LogP) is 5.63. The predicted molar refractivity (Wildman–Crippen MR) is 169 cm³/mol. The van der Waals surface area contributed by atoms with Crippen molar-refractivity contribution in [3.05, 3.63) is 40.2 Å². The molecule has 1 aliphatic heterocycles. The Labute approximate surface area is 265 Å². The number of anilines is 1. The molecule has 8 nitrogen and oxygen atoms in total. The van der Waals surface area contributed by atoms with Gasteiger partial charge in [0.2, 0.25) is 11.8 Å². The molecule has 9 heteroatoms. The van der Waals surface area contributed by atoms with Gasteiger partial charge in [0.05, 0.1) is 34.1 Å². The molecule has 1 saturated heterocycles. The van der Waals surface area contributed by atoms with Gasteiger partial charge < -0.3 is 29.0 Å². The number of pyridine rings is 1. The van der Waals surface area contributed by atoms with Crippen molar-refractivity contribution < 1.29 is 28.9 Å². The summed E-state index contributed by atoms with van der Waals surface area (Å²) in [4.78, 5) is 33.4. The van der Waals surface area contributed by atoms with Crippen LogP contribution in [-0.4, -0.2) is 54.9 Å². The van der Waals surface area contributed by atoms with Crippen molar-refractivity contribution in [2.45, 2.75) is 103 Å². The number of carboxylic acid groups (broad SMARTS) is 1. The quantitative estimate of drug-likeness (QED) is 0.335. The molecule has 1 amide bonds. The molecule has 2 aliphatic carbocycles. The normalized spacial score (nSPS) is 24.6. The molecule has 0 N–H and O–H groups in total. The number of hydrogen-bond acceptors (Lipinski definition) is 8. The highest BCUT2D eigenvalue weighted by Gasteiger charge is 2.37. The van der Waals surface area contributed by atoms with Gasteiger partial charge in [-0.2, -0.15) is 0 Å². The summed E-state index contributed by atoms with van der Waals surface area (Å²) >= 11 is 1.09. The number of rotatable bonds is 9. The lowest BCUT2D eigenvalue weighted by molar-refractivity contribution is -0.254. The highest BCUT2D eigenvalue weighted by molar-refractivity contribution is 7.15. The number of carbonyl (C=O) groups excluding carboxylic acids is 2. The average Bonchev–Trinajstić information content (AvgIpc) is 3.46. The van der Waals surface area contributed by atoms with Crippen LogP contribution in [0.5, 0.6) is 5.88 Å². The van der Waals surface area contributed by atoms with E-state index >= 15 is 0 Å². The Morgan fingerprint density at radius 3 is 2.43 bits per heavy atom. The van der Waals surface area contributed by atoms with Crippen LogP contribution in [-0.2, 0) is 14.3 Å². The van der Waals surface area contributed by atoms with E-state index in [1.165, 1.54) is 0 Å². The molecule has 0 aromatic carbocycles. The van der Waals surface area contributed by atoms with E-state index in [4.69, 9.17) is 14.2 Å². The van der Waals surface area contributed by atoms with E-state index in [0.717, 1.165) is 75.9 Å². The van der Waals surface area contributed by atoms with Gasteiger partial charge in [-0.05, 0) is 96.1 Å². The SMILES string of the molecule is CC1CCC(C(=O)N(c2cc(C#CC(C)(C)COC3CCOCC3)sc2C(=O)[O-])C2CCC(Oc3ccccn3)CC2)CC1. The topological polar surface area (TPSA) is 101 Å². The fourth-order valence-electron chi connectivity index (χ4n) is 6.41. The third kappa shape index (κ3) is 8.62. The Kier molecular flexibility index (Phi) is 11.0. The summed E-state index contributed by atoms with van der Waals surface area (Å²) < 4.78 is 17.7. The van der Waals surface area contributed by atoms with Crippen LogP contribution in [0.4, 0.5) is 5.69 Å². The summed E-state index contributed by atoms with van der Waals surface area (Å²) in [5.74, 6) is 6.36. The number of hydrogen-bond donors (Lipinski definition) is 0. The summed E-state index contributed by atoms with van der Waals surface area (Å²) in [6.45, 7) is 8.20. The number of carboxylic acids is 1. The fraction of sp³-hybridized carbons (Fsp3) is 0.629. The van der Waals surface area contributed by atoms with Crippen LogP contribution < -0.4 is 14.7 Å². The average molecular weight is 622 g/mol. The van der Waals surface area contributed by atoms with Crippen molar-refractivity contribution >= 4 is 28.9 Å². The molecule has 3 fully saturated rings. The fourth-order valence-corrected chi connectivity index (χ4v) is 7.25. The summed E-state index contributed by atoms with van der Waals surface area (Å²) in [5, 5.41) is 12.5. The lowest BCUT2D eigenvalue weighted by Gasteiger charge is -2.39. The lowest BCUT2D eigenvalue weighted by atomic mass is 9.81. The number of aromatic nitrogens is 1. The van der Waals surface area contributed by atoms with Gasteiger partial charge in [-0.1, -0.05) is 24.8 Å². The Balaban J connectivity index is 1.36. The van der Waals surface area contributed by atoms with Gasteiger partial charge in [0.25, 0.3) is 0 Å². The minimum absolute atomic E-state index is 0.00346. The first-order valence-corrected chi connectivity index (χ1v) is 17.0. The molecular formula is C35H45N2O6S-. The van der Waals surface area contributed by atoms with Crippen LogP contribution >= 0.6 is 11.3 Å². The van der Waals surface area contributed by atoms with Crippen LogP contribution in [0.1, 0.15) is 99.5 Å². The van der Waals surface area contributed by atoms with Gasteiger partial charge in [0.15, 0.2) is 0 Å². The third-order valence-electron chi connectivity index (χ3n) is 9.07. The minimum atomic E-state index is -1.28. The molecule has 0 unspecified atom stereocenters. The van der Waals surface area contributed by atoms with E-state index in [0.29, 0.717) is 41.8 Å². The number of nitrogens with zero attached hydrogens (tertiary/aromatic N) is 2. The van der Waals surface area contributed by atoms with Gasteiger partial charge in [0.1, 0.15) is 6.10 Å². The van der Waals surface area contributed by atoms with Crippen LogP contribution in [0.15, 0.2) is 30.5 Å². The summed E-state index contributed by atoms with van der Waals surface area (Å²) in [7, 11) is 0. The maximum atomic E-state index is 14.2. The van der Waals surface area contributed by atoms with Gasteiger partial charge >= 0.3 is 0 Å². The smallest absolute Gasteiger partial charge is 0.230 e. The largest absolute Gasteiger partial charge is 0.544 e. The third-order valence-corrected chi connectivity index (χ3v) is 10.1. The lowest BCUT2D eigenvalue weighted by Crippen LogP contribution is -2.47. The van der Waals surface area contributed by atoms with Crippen molar-refractivity contribution in [2.24, 2.45) is 17.3 Å². The monoisotopic (exact) mass is 621 g/mol. The molecule has 238 valence electrons. The van der Waals surface area contributed by atoms with Crippen LogP contribution in [0.3, 0.4) is 0 Å². The second-order valence-corrected chi connectivity index (χ2v) is 14.3. The second kappa shape index (κ2) is 14.9. The molecule has 0 radical (unpaired) electrons. The molecule has 0 spiro atoms. The molecule has 0 bridgehead atoms. The Bertz CT molecular complexity index is 1310. The molecule has 2 saturated carbocycles. The number of carbonyl (C=O) groups is 2. The number of amides is 1. The maximum Gasteiger partial charge on any atom is 0.230 e. The minimum Gasteiger partial charge on any atom is -0.544 e. The highest BCUT2D eigenvalue weighted by atomic mass is 32.1. The molecule has 0 atom stereocenters. The van der Waals surface area contributed by atoms with E-state index in [-0.39, 0.29) is 35.0 Å². The second-order valence-electron chi connectivity index (χ2n) is 13.3. The Morgan fingerprint density at radius 1 is 1.05 bits per heavy atom. The molecule has 5 rings (SSSR count). The Hall–Kier alpha value is -2.93. The standard InChI is InChI=1S/C35H46N2O6S/c1-24-7-9-25(10-8-24)33(38)37(26-11-13-28(14-12-26)43-31-6-4-5-19-36-31)30-22-29(44-32(30)34(39)40)15-18-35(2,3)23-42-27-16-20-41-21-17-27/h4-6,19,22,24-28H,7-14,16-17,20-21,23H2,1-3H3,(H,39,40)/p-1. The van der Waals surface area contributed by atoms with Gasteiger partial charge in [0, 0.05) is 42.9 Å². The molecule has 3 aliphatic rings. The number of aromatic carboxylic acids is 1. The summed E-state index contributed by atoms with van der Waals surface area (Å²) in [6, 6.07) is 7.28. The van der Waals surface area contributed by atoms with Crippen molar-refractivity contribution in [1.29, 1.82) is 0 Å². The van der Waals surface area contributed by atoms with Crippen molar-refractivity contribution in [3.8, 4) is 17.7 Å². The molecular weight excluding hydrogens is 576 g/mol. The first-order valence-electron chi connectivity index (χ1n) is 16.2. The zero-order chi connectivity index (χ0) is 31.1. The zero-order valence-corrected chi connectivity index (χ0v) is 27.0. The highest BCUT2D eigenvalue weighted by Crippen LogP contribution is 2.39. The number of ether oxygens (including phenoxy) is 3. The summed E-state index contributed by atoms with van der Waals surface area (Å²) in [6.07, 6.45) is 10.3. The molecule has 2 aromatic rings. The first kappa shape index (κ1) is 32.5. The Morgan fingerprint density at radius 2 is 1.77 bits per heavy atom. The van der Waals surface area contributed by atoms with Crippen LogP contribution in [0, 0.1) is 29.1 Å². The van der Waals surface area contributed by atoms with Crippen LogP contribution in [0.2, 0.25) is 0 Å². The van der Waals surface area contributed by atoms with Crippen LogP contribution in [0.25, 0.3) is 0 Å². The van der Waals surface area contributed by atoms with E-state index in [1.54, 1.807) is 17.2 Å². The first-order chi connectivity index (χ1) is 21.2. The number of thiophene rings is 1. The van der Waals surface area contributed by atoms with Gasteiger partial charge in [-0.3, -0.25) is 4.79 Å². The van der Waals surface area contributed by atoms with Gasteiger partial charge in [-0.25, -0.2) is 4.98 Å². The van der Waals surface area contributed by atoms with E-state index in [2.05, 4.69) is 23.7 Å². The van der Waals surface area contributed by atoms with Crippen molar-refractivity contribution in [2.75, 3.05) is 24.7 Å². The van der Waals surface area contributed by atoms with E-state index in [9.17, 15) is 14.7 Å².